The van der Waals surface area contributed by atoms with Crippen LogP contribution in [0.4, 0.5) is 5.69 Å². The van der Waals surface area contributed by atoms with Crippen molar-refractivity contribution in [3.63, 3.8) is 0 Å². The molecule has 0 saturated carbocycles. The lowest BCUT2D eigenvalue weighted by Gasteiger charge is -2.10. The first-order valence-corrected chi connectivity index (χ1v) is 8.04. The van der Waals surface area contributed by atoms with Crippen molar-refractivity contribution in [1.29, 1.82) is 0 Å². The van der Waals surface area contributed by atoms with E-state index in [1.54, 1.807) is 49.8 Å². The van der Waals surface area contributed by atoms with E-state index in [1.807, 2.05) is 36.4 Å². The van der Waals surface area contributed by atoms with Crippen molar-refractivity contribution in [2.45, 2.75) is 0 Å². The fraction of sp³-hybridized carbons (Fsp3) is 0.0476. The summed E-state index contributed by atoms with van der Waals surface area (Å²) in [4.78, 5) is 16.0. The summed E-state index contributed by atoms with van der Waals surface area (Å²) in [5, 5.41) is 2.80. The lowest BCUT2D eigenvalue weighted by atomic mass is 10.2. The second kappa shape index (κ2) is 8.48. The molecule has 0 atom stereocenters. The smallest absolute Gasteiger partial charge is 0.248 e. The molecule has 0 radical (unpaired) electrons. The number of para-hydroxylation sites is 2. The Bertz CT molecular complexity index is 891. The van der Waals surface area contributed by atoms with Crippen molar-refractivity contribution >= 4 is 17.7 Å². The SMILES string of the molecule is COc1ccccc1Oc1ccc(NC(=O)/C=C/c2cccnc2)cc1. The minimum absolute atomic E-state index is 0.216. The highest BCUT2D eigenvalue weighted by Crippen LogP contribution is 2.31. The van der Waals surface area contributed by atoms with Gasteiger partial charge in [0.05, 0.1) is 7.11 Å². The van der Waals surface area contributed by atoms with Crippen LogP contribution < -0.4 is 14.8 Å². The van der Waals surface area contributed by atoms with Crippen LogP contribution >= 0.6 is 0 Å². The maximum absolute atomic E-state index is 12.0. The van der Waals surface area contributed by atoms with Crippen LogP contribution in [0, 0.1) is 0 Å². The predicted octanol–water partition coefficient (Wildman–Crippen LogP) is 4.53. The van der Waals surface area contributed by atoms with Gasteiger partial charge in [-0.05, 0) is 54.1 Å². The Morgan fingerprint density at radius 3 is 2.46 bits per heavy atom. The molecular formula is C21H18N2O3. The Kier molecular flexibility index (Phi) is 5.62. The summed E-state index contributed by atoms with van der Waals surface area (Å²) < 4.78 is 11.1. The first kappa shape index (κ1) is 17.2. The third-order valence-corrected chi connectivity index (χ3v) is 3.53. The fourth-order valence-electron chi connectivity index (χ4n) is 2.27. The number of pyridine rings is 1. The number of nitrogens with zero attached hydrogens (tertiary/aromatic N) is 1. The second-order valence-corrected chi connectivity index (χ2v) is 5.39. The Hall–Kier alpha value is -3.60. The van der Waals surface area contributed by atoms with Crippen molar-refractivity contribution in [2.75, 3.05) is 12.4 Å². The van der Waals surface area contributed by atoms with Gasteiger partial charge in [-0.2, -0.15) is 0 Å². The van der Waals surface area contributed by atoms with E-state index in [0.717, 1.165) is 5.56 Å². The van der Waals surface area contributed by atoms with Crippen LogP contribution in [0.5, 0.6) is 17.2 Å². The molecule has 5 nitrogen and oxygen atoms in total. The van der Waals surface area contributed by atoms with E-state index in [1.165, 1.54) is 6.08 Å². The topological polar surface area (TPSA) is 60.5 Å². The van der Waals surface area contributed by atoms with E-state index in [9.17, 15) is 4.79 Å². The number of hydrogen-bond donors (Lipinski definition) is 1. The van der Waals surface area contributed by atoms with Crippen LogP contribution in [-0.4, -0.2) is 18.0 Å². The van der Waals surface area contributed by atoms with Crippen molar-refractivity contribution in [2.24, 2.45) is 0 Å². The molecule has 130 valence electrons. The molecular weight excluding hydrogens is 328 g/mol. The summed E-state index contributed by atoms with van der Waals surface area (Å²) in [6, 6.07) is 18.2. The van der Waals surface area contributed by atoms with Crippen molar-refractivity contribution in [3.05, 3.63) is 84.7 Å². The highest BCUT2D eigenvalue weighted by molar-refractivity contribution is 6.01. The molecule has 0 aliphatic heterocycles. The van der Waals surface area contributed by atoms with Crippen LogP contribution in [-0.2, 0) is 4.79 Å². The Labute approximate surface area is 151 Å². The largest absolute Gasteiger partial charge is 0.493 e. The zero-order chi connectivity index (χ0) is 18.2. The van der Waals surface area contributed by atoms with E-state index < -0.39 is 0 Å². The van der Waals surface area contributed by atoms with Crippen LogP contribution in [0.3, 0.4) is 0 Å². The molecule has 5 heteroatoms. The van der Waals surface area contributed by atoms with Gasteiger partial charge in [-0.1, -0.05) is 18.2 Å². The molecule has 1 heterocycles. The summed E-state index contributed by atoms with van der Waals surface area (Å²) in [6.07, 6.45) is 6.55. The molecule has 0 fully saturated rings. The maximum Gasteiger partial charge on any atom is 0.248 e. The minimum atomic E-state index is -0.216. The van der Waals surface area contributed by atoms with E-state index in [4.69, 9.17) is 9.47 Å². The molecule has 0 unspecified atom stereocenters. The monoisotopic (exact) mass is 346 g/mol. The molecule has 0 aliphatic carbocycles. The highest BCUT2D eigenvalue weighted by Gasteiger charge is 2.05. The summed E-state index contributed by atoms with van der Waals surface area (Å²) in [5.41, 5.74) is 1.54. The van der Waals surface area contributed by atoms with Crippen molar-refractivity contribution in [3.8, 4) is 17.2 Å². The Morgan fingerprint density at radius 2 is 1.77 bits per heavy atom. The summed E-state index contributed by atoms with van der Waals surface area (Å²) >= 11 is 0. The average molecular weight is 346 g/mol. The predicted molar refractivity (Wildman–Crippen MR) is 101 cm³/mol. The lowest BCUT2D eigenvalue weighted by Crippen LogP contribution is -2.07. The molecule has 0 spiro atoms. The first-order valence-electron chi connectivity index (χ1n) is 8.04. The normalized spacial score (nSPS) is 10.5. The van der Waals surface area contributed by atoms with Crippen molar-refractivity contribution in [1.82, 2.24) is 4.98 Å². The van der Waals surface area contributed by atoms with Crippen molar-refractivity contribution < 1.29 is 14.3 Å². The number of benzene rings is 2. The highest BCUT2D eigenvalue weighted by atomic mass is 16.5. The zero-order valence-corrected chi connectivity index (χ0v) is 14.3. The standard InChI is InChI=1S/C21H18N2O3/c1-25-19-6-2-3-7-20(19)26-18-11-9-17(10-12-18)23-21(24)13-8-16-5-4-14-22-15-16/h2-15H,1H3,(H,23,24)/b13-8+. The van der Waals surface area contributed by atoms with E-state index in [2.05, 4.69) is 10.3 Å². The van der Waals surface area contributed by atoms with E-state index in [0.29, 0.717) is 22.9 Å². The summed E-state index contributed by atoms with van der Waals surface area (Å²) in [6.45, 7) is 0. The molecule has 3 aromatic rings. The zero-order valence-electron chi connectivity index (χ0n) is 14.3. The number of hydrogen-bond acceptors (Lipinski definition) is 4. The number of rotatable bonds is 6. The molecule has 3 rings (SSSR count). The first-order chi connectivity index (χ1) is 12.7. The lowest BCUT2D eigenvalue weighted by molar-refractivity contribution is -0.111. The third kappa shape index (κ3) is 4.70. The maximum atomic E-state index is 12.0. The molecule has 0 bridgehead atoms. The molecule has 2 aromatic carbocycles. The Morgan fingerprint density at radius 1 is 1.00 bits per heavy atom. The summed E-state index contributed by atoms with van der Waals surface area (Å²) in [7, 11) is 1.60. The number of methoxy groups -OCH3 is 1. The third-order valence-electron chi connectivity index (χ3n) is 3.53. The number of aromatic nitrogens is 1. The molecule has 1 aromatic heterocycles. The van der Waals surface area contributed by atoms with Gasteiger partial charge in [-0.25, -0.2) is 0 Å². The average Bonchev–Trinajstić information content (AvgIpc) is 2.69. The van der Waals surface area contributed by atoms with Crippen LogP contribution in [0.25, 0.3) is 6.08 Å². The van der Waals surface area contributed by atoms with E-state index >= 15 is 0 Å². The van der Waals surface area contributed by atoms with Gasteiger partial charge >= 0.3 is 0 Å². The van der Waals surface area contributed by atoms with Gasteiger partial charge < -0.3 is 14.8 Å². The quantitative estimate of drug-likeness (QED) is 0.666. The number of nitrogens with one attached hydrogen (secondary N) is 1. The number of anilines is 1. The van der Waals surface area contributed by atoms with Crippen LogP contribution in [0.2, 0.25) is 0 Å². The van der Waals surface area contributed by atoms with Crippen LogP contribution in [0.1, 0.15) is 5.56 Å². The molecule has 1 N–H and O–H groups in total. The number of carbonyl (C=O) groups is 1. The second-order valence-electron chi connectivity index (χ2n) is 5.39. The number of amides is 1. The van der Waals surface area contributed by atoms with Gasteiger partial charge in [-0.3, -0.25) is 9.78 Å². The van der Waals surface area contributed by atoms with E-state index in [-0.39, 0.29) is 5.91 Å². The molecule has 1 amide bonds. The molecule has 0 aliphatic rings. The minimum Gasteiger partial charge on any atom is -0.493 e. The Balaban J connectivity index is 1.61. The van der Waals surface area contributed by atoms with Gasteiger partial charge in [0.1, 0.15) is 5.75 Å². The van der Waals surface area contributed by atoms with Gasteiger partial charge in [-0.15, -0.1) is 0 Å². The number of carbonyl (C=O) groups excluding carboxylic acids is 1. The summed E-state index contributed by atoms with van der Waals surface area (Å²) in [5.74, 6) is 1.72. The van der Waals surface area contributed by atoms with Gasteiger partial charge in [0, 0.05) is 24.2 Å². The van der Waals surface area contributed by atoms with Gasteiger partial charge in [0.25, 0.3) is 0 Å². The molecule has 26 heavy (non-hydrogen) atoms. The van der Waals surface area contributed by atoms with Gasteiger partial charge in [0.2, 0.25) is 5.91 Å². The van der Waals surface area contributed by atoms with Gasteiger partial charge in [0.15, 0.2) is 11.5 Å². The fourth-order valence-corrected chi connectivity index (χ4v) is 2.27. The molecule has 0 saturated heterocycles. The number of ether oxygens (including phenoxy) is 2. The van der Waals surface area contributed by atoms with Crippen LogP contribution in [0.15, 0.2) is 79.1 Å².